The van der Waals surface area contributed by atoms with Crippen molar-refractivity contribution in [1.82, 2.24) is 0 Å². The SMILES string of the molecule is O[C@H](C[NH2+]CCc1ccc(Cl)cc1)COc1cc(Cl)ccc1Cl. The molecule has 0 unspecified atom stereocenters. The normalized spacial score (nSPS) is 12.2. The Kier molecular flexibility index (Phi) is 7.47. The van der Waals surface area contributed by atoms with E-state index in [1.165, 1.54) is 5.56 Å². The van der Waals surface area contributed by atoms with Crippen LogP contribution < -0.4 is 10.1 Å². The van der Waals surface area contributed by atoms with Gasteiger partial charge in [-0.25, -0.2) is 0 Å². The summed E-state index contributed by atoms with van der Waals surface area (Å²) in [6, 6.07) is 12.8. The summed E-state index contributed by atoms with van der Waals surface area (Å²) in [5.74, 6) is 0.486. The number of aliphatic hydroxyl groups is 1. The Morgan fingerprint density at radius 2 is 1.70 bits per heavy atom. The molecule has 0 radical (unpaired) electrons. The van der Waals surface area contributed by atoms with Gasteiger partial charge in [0.25, 0.3) is 0 Å². The molecule has 0 aliphatic rings. The first-order valence-electron chi connectivity index (χ1n) is 7.36. The summed E-state index contributed by atoms with van der Waals surface area (Å²) in [6.07, 6.45) is 0.348. The molecule has 2 aromatic rings. The first-order chi connectivity index (χ1) is 11.0. The third-order valence-electron chi connectivity index (χ3n) is 3.31. The van der Waals surface area contributed by atoms with E-state index in [4.69, 9.17) is 39.5 Å². The Bertz CT molecular complexity index is 620. The Labute approximate surface area is 151 Å². The quantitative estimate of drug-likeness (QED) is 0.696. The van der Waals surface area contributed by atoms with Crippen molar-refractivity contribution in [1.29, 1.82) is 0 Å². The summed E-state index contributed by atoms with van der Waals surface area (Å²) in [7, 11) is 0. The third-order valence-corrected chi connectivity index (χ3v) is 4.11. The van der Waals surface area contributed by atoms with Crippen molar-refractivity contribution in [3.63, 3.8) is 0 Å². The first-order valence-corrected chi connectivity index (χ1v) is 8.50. The summed E-state index contributed by atoms with van der Waals surface area (Å²) in [5, 5.41) is 13.8. The number of nitrogens with two attached hydrogens (primary N) is 1. The van der Waals surface area contributed by atoms with Crippen LogP contribution in [0.2, 0.25) is 15.1 Å². The minimum atomic E-state index is -0.574. The highest BCUT2D eigenvalue weighted by molar-refractivity contribution is 6.34. The molecule has 0 spiro atoms. The minimum absolute atomic E-state index is 0.178. The second-order valence-corrected chi connectivity index (χ2v) is 6.51. The number of ether oxygens (including phenoxy) is 1. The van der Waals surface area contributed by atoms with E-state index in [1.807, 2.05) is 24.3 Å². The number of aliphatic hydroxyl groups excluding tert-OH is 1. The van der Waals surface area contributed by atoms with Crippen molar-refractivity contribution in [2.45, 2.75) is 12.5 Å². The fraction of sp³-hybridized carbons (Fsp3) is 0.294. The number of halogens is 3. The average Bonchev–Trinajstić information content (AvgIpc) is 2.54. The molecule has 3 nitrogen and oxygen atoms in total. The van der Waals surface area contributed by atoms with Crippen molar-refractivity contribution in [3.8, 4) is 5.75 Å². The number of hydrogen-bond donors (Lipinski definition) is 2. The Hall–Kier alpha value is -0.970. The van der Waals surface area contributed by atoms with E-state index in [9.17, 15) is 5.11 Å². The largest absolute Gasteiger partial charge is 0.489 e. The van der Waals surface area contributed by atoms with Crippen LogP contribution in [-0.2, 0) is 6.42 Å². The maximum absolute atomic E-state index is 9.95. The average molecular weight is 376 g/mol. The van der Waals surface area contributed by atoms with Gasteiger partial charge in [-0.1, -0.05) is 46.9 Å². The Morgan fingerprint density at radius 3 is 2.43 bits per heavy atom. The van der Waals surface area contributed by atoms with E-state index >= 15 is 0 Å². The fourth-order valence-electron chi connectivity index (χ4n) is 2.07. The number of hydrogen-bond acceptors (Lipinski definition) is 2. The van der Waals surface area contributed by atoms with Gasteiger partial charge in [0, 0.05) is 22.5 Å². The highest BCUT2D eigenvalue weighted by Crippen LogP contribution is 2.27. The third kappa shape index (κ3) is 6.58. The van der Waals surface area contributed by atoms with Gasteiger partial charge in [0.2, 0.25) is 0 Å². The van der Waals surface area contributed by atoms with E-state index in [0.29, 0.717) is 22.3 Å². The number of benzene rings is 2. The second-order valence-electron chi connectivity index (χ2n) is 5.23. The smallest absolute Gasteiger partial charge is 0.139 e. The highest BCUT2D eigenvalue weighted by atomic mass is 35.5. The molecule has 0 bridgehead atoms. The van der Waals surface area contributed by atoms with Gasteiger partial charge < -0.3 is 15.2 Å². The molecule has 0 saturated carbocycles. The van der Waals surface area contributed by atoms with Crippen LogP contribution in [0.3, 0.4) is 0 Å². The molecule has 6 heteroatoms. The van der Waals surface area contributed by atoms with Gasteiger partial charge in [-0.05, 0) is 29.8 Å². The molecule has 0 amide bonds. The summed E-state index contributed by atoms with van der Waals surface area (Å²) < 4.78 is 5.51. The second kappa shape index (κ2) is 9.36. The van der Waals surface area contributed by atoms with Gasteiger partial charge >= 0.3 is 0 Å². The van der Waals surface area contributed by atoms with Crippen molar-refractivity contribution in [3.05, 3.63) is 63.1 Å². The van der Waals surface area contributed by atoms with Crippen LogP contribution in [0.1, 0.15) is 5.56 Å². The standard InChI is InChI=1S/C17H18Cl3NO2/c18-13-3-1-12(2-4-13)7-8-21-10-15(22)11-23-17-9-14(19)5-6-16(17)20/h1-6,9,15,21-22H,7-8,10-11H2/p+1/t15-/m1/s1. The molecule has 0 saturated heterocycles. The monoisotopic (exact) mass is 374 g/mol. The molecule has 1 atom stereocenters. The Balaban J connectivity index is 1.66. The molecular formula is C17H19Cl3NO2+. The number of quaternary nitrogens is 1. The lowest BCUT2D eigenvalue weighted by molar-refractivity contribution is -0.660. The zero-order valence-electron chi connectivity index (χ0n) is 12.5. The zero-order chi connectivity index (χ0) is 16.7. The summed E-state index contributed by atoms with van der Waals surface area (Å²) in [5.41, 5.74) is 1.22. The van der Waals surface area contributed by atoms with Crippen LogP contribution in [0.15, 0.2) is 42.5 Å². The molecule has 124 valence electrons. The van der Waals surface area contributed by atoms with Crippen LogP contribution in [0.5, 0.6) is 5.75 Å². The van der Waals surface area contributed by atoms with Gasteiger partial charge in [-0.15, -0.1) is 0 Å². The molecule has 23 heavy (non-hydrogen) atoms. The van der Waals surface area contributed by atoms with E-state index in [2.05, 4.69) is 5.32 Å². The van der Waals surface area contributed by atoms with Crippen LogP contribution >= 0.6 is 34.8 Å². The molecule has 0 fully saturated rings. The maximum atomic E-state index is 9.95. The molecule has 0 aromatic heterocycles. The highest BCUT2D eigenvalue weighted by Gasteiger charge is 2.09. The Morgan fingerprint density at radius 1 is 1.00 bits per heavy atom. The summed E-state index contributed by atoms with van der Waals surface area (Å²) >= 11 is 17.7. The summed E-state index contributed by atoms with van der Waals surface area (Å²) in [4.78, 5) is 0. The van der Waals surface area contributed by atoms with Crippen molar-refractivity contribution >= 4 is 34.8 Å². The van der Waals surface area contributed by atoms with Gasteiger partial charge in [-0.2, -0.15) is 0 Å². The van der Waals surface area contributed by atoms with Crippen LogP contribution in [0, 0.1) is 0 Å². The van der Waals surface area contributed by atoms with Crippen molar-refractivity contribution < 1.29 is 15.2 Å². The van der Waals surface area contributed by atoms with E-state index < -0.39 is 6.10 Å². The predicted octanol–water partition coefficient (Wildman–Crippen LogP) is 3.19. The molecular weight excluding hydrogens is 357 g/mol. The van der Waals surface area contributed by atoms with E-state index in [0.717, 1.165) is 18.0 Å². The van der Waals surface area contributed by atoms with E-state index in [-0.39, 0.29) is 6.61 Å². The topological polar surface area (TPSA) is 46.1 Å². The predicted molar refractivity (Wildman–Crippen MR) is 94.8 cm³/mol. The molecule has 0 heterocycles. The number of rotatable bonds is 8. The van der Waals surface area contributed by atoms with Gasteiger partial charge in [-0.3, -0.25) is 0 Å². The lowest BCUT2D eigenvalue weighted by Gasteiger charge is -2.12. The fourth-order valence-corrected chi connectivity index (χ4v) is 2.53. The first kappa shape index (κ1) is 18.4. The van der Waals surface area contributed by atoms with E-state index in [1.54, 1.807) is 18.2 Å². The molecule has 2 aromatic carbocycles. The lowest BCUT2D eigenvalue weighted by atomic mass is 10.1. The maximum Gasteiger partial charge on any atom is 0.139 e. The zero-order valence-corrected chi connectivity index (χ0v) is 14.8. The minimum Gasteiger partial charge on any atom is -0.489 e. The molecule has 2 rings (SSSR count). The molecule has 0 aliphatic carbocycles. The van der Waals surface area contributed by atoms with Crippen LogP contribution in [-0.4, -0.2) is 30.9 Å². The van der Waals surface area contributed by atoms with Crippen molar-refractivity contribution in [2.24, 2.45) is 0 Å². The summed E-state index contributed by atoms with van der Waals surface area (Å²) in [6.45, 7) is 1.62. The van der Waals surface area contributed by atoms with Gasteiger partial charge in [0.05, 0.1) is 11.6 Å². The van der Waals surface area contributed by atoms with Gasteiger partial charge in [0.1, 0.15) is 25.0 Å². The van der Waals surface area contributed by atoms with Crippen LogP contribution in [0.4, 0.5) is 0 Å². The van der Waals surface area contributed by atoms with Crippen molar-refractivity contribution in [2.75, 3.05) is 19.7 Å². The molecule has 0 aliphatic heterocycles. The lowest BCUT2D eigenvalue weighted by Crippen LogP contribution is -2.87. The van der Waals surface area contributed by atoms with Crippen LogP contribution in [0.25, 0.3) is 0 Å². The van der Waals surface area contributed by atoms with Gasteiger partial charge in [0.15, 0.2) is 0 Å². The molecule has 3 N–H and O–H groups in total.